The molecule has 0 saturated heterocycles. The number of hydrogen-bond acceptors (Lipinski definition) is 4. The summed E-state index contributed by atoms with van der Waals surface area (Å²) in [7, 11) is 1.69. The molecule has 1 atom stereocenters. The number of aryl methyl sites for hydroxylation is 2. The van der Waals surface area contributed by atoms with E-state index in [0.29, 0.717) is 0 Å². The maximum Gasteiger partial charge on any atom is 0.134 e. The van der Waals surface area contributed by atoms with Crippen molar-refractivity contribution < 1.29 is 4.74 Å². The second-order valence-corrected chi connectivity index (χ2v) is 5.97. The van der Waals surface area contributed by atoms with Crippen LogP contribution in [0.2, 0.25) is 0 Å². The lowest BCUT2D eigenvalue weighted by Crippen LogP contribution is -2.10. The first-order chi connectivity index (χ1) is 7.63. The molecule has 16 heavy (non-hydrogen) atoms. The third-order valence-electron chi connectivity index (χ3n) is 2.52. The quantitative estimate of drug-likeness (QED) is 0.909. The van der Waals surface area contributed by atoms with E-state index >= 15 is 0 Å². The minimum Gasteiger partial charge on any atom is -0.496 e. The molecule has 2 N–H and O–H groups in total. The van der Waals surface area contributed by atoms with Crippen LogP contribution in [-0.2, 0) is 0 Å². The van der Waals surface area contributed by atoms with Crippen molar-refractivity contribution in [3.63, 3.8) is 0 Å². The second kappa shape index (κ2) is 4.57. The molecule has 0 aliphatic carbocycles. The summed E-state index contributed by atoms with van der Waals surface area (Å²) < 4.78 is 5.31. The van der Waals surface area contributed by atoms with Crippen molar-refractivity contribution in [2.45, 2.75) is 19.9 Å². The SMILES string of the molecule is COc1ccsc1C(N)c1sc(C)cc1C. The molecule has 2 rings (SSSR count). The lowest BCUT2D eigenvalue weighted by atomic mass is 10.1. The lowest BCUT2D eigenvalue weighted by Gasteiger charge is -2.11. The molecule has 0 aliphatic heterocycles. The fourth-order valence-electron chi connectivity index (χ4n) is 1.79. The van der Waals surface area contributed by atoms with Crippen molar-refractivity contribution in [1.82, 2.24) is 0 Å². The fourth-order valence-corrected chi connectivity index (χ4v) is 3.78. The highest BCUT2D eigenvalue weighted by molar-refractivity contribution is 7.13. The summed E-state index contributed by atoms with van der Waals surface area (Å²) >= 11 is 3.42. The Kier molecular flexibility index (Phi) is 3.33. The molecule has 0 saturated carbocycles. The summed E-state index contributed by atoms with van der Waals surface area (Å²) in [4.78, 5) is 3.64. The molecule has 2 aromatic heterocycles. The average Bonchev–Trinajstić information content (AvgIpc) is 2.83. The van der Waals surface area contributed by atoms with E-state index in [1.54, 1.807) is 29.8 Å². The second-order valence-electron chi connectivity index (χ2n) is 3.74. The van der Waals surface area contributed by atoms with Crippen LogP contribution in [0.15, 0.2) is 17.5 Å². The Balaban J connectivity index is 2.38. The zero-order chi connectivity index (χ0) is 11.7. The van der Waals surface area contributed by atoms with Crippen LogP contribution in [0.4, 0.5) is 0 Å². The highest BCUT2D eigenvalue weighted by Crippen LogP contribution is 2.37. The highest BCUT2D eigenvalue weighted by atomic mass is 32.1. The van der Waals surface area contributed by atoms with Crippen molar-refractivity contribution >= 4 is 22.7 Å². The van der Waals surface area contributed by atoms with Crippen LogP contribution in [0.25, 0.3) is 0 Å². The maximum atomic E-state index is 6.29. The molecule has 4 heteroatoms. The van der Waals surface area contributed by atoms with Gasteiger partial charge in [-0.15, -0.1) is 22.7 Å². The third-order valence-corrected chi connectivity index (χ3v) is 4.74. The molecular weight excluding hydrogens is 238 g/mol. The first-order valence-corrected chi connectivity index (χ1v) is 6.77. The van der Waals surface area contributed by atoms with E-state index in [9.17, 15) is 0 Å². The number of rotatable bonds is 3. The summed E-state index contributed by atoms with van der Waals surface area (Å²) in [6, 6.07) is 4.09. The van der Waals surface area contributed by atoms with Crippen molar-refractivity contribution in [1.29, 1.82) is 0 Å². The Morgan fingerprint density at radius 1 is 1.31 bits per heavy atom. The minimum atomic E-state index is -0.0614. The molecular formula is C12H15NOS2. The van der Waals surface area contributed by atoms with Gasteiger partial charge in [0.1, 0.15) is 5.75 Å². The summed E-state index contributed by atoms with van der Waals surface area (Å²) in [6.07, 6.45) is 0. The molecule has 2 aromatic rings. The third kappa shape index (κ3) is 2.00. The van der Waals surface area contributed by atoms with Gasteiger partial charge in [-0.25, -0.2) is 0 Å². The first kappa shape index (κ1) is 11.6. The van der Waals surface area contributed by atoms with Gasteiger partial charge >= 0.3 is 0 Å². The topological polar surface area (TPSA) is 35.2 Å². The van der Waals surface area contributed by atoms with E-state index in [4.69, 9.17) is 10.5 Å². The molecule has 1 unspecified atom stereocenters. The Bertz CT molecular complexity index is 487. The normalized spacial score (nSPS) is 12.8. The molecule has 0 aliphatic rings. The molecule has 0 radical (unpaired) electrons. The zero-order valence-electron chi connectivity index (χ0n) is 9.61. The first-order valence-electron chi connectivity index (χ1n) is 5.07. The summed E-state index contributed by atoms with van der Waals surface area (Å²) in [5, 5.41) is 2.02. The van der Waals surface area contributed by atoms with Crippen LogP contribution < -0.4 is 10.5 Å². The van der Waals surface area contributed by atoms with Gasteiger partial charge in [-0.3, -0.25) is 0 Å². The van der Waals surface area contributed by atoms with Crippen LogP contribution in [0.5, 0.6) is 5.75 Å². The van der Waals surface area contributed by atoms with Crippen LogP contribution >= 0.6 is 22.7 Å². The Labute approximate surface area is 104 Å². The van der Waals surface area contributed by atoms with Crippen LogP contribution in [0, 0.1) is 13.8 Å². The largest absolute Gasteiger partial charge is 0.496 e. The van der Waals surface area contributed by atoms with Crippen molar-refractivity contribution in [3.05, 3.63) is 37.7 Å². The van der Waals surface area contributed by atoms with E-state index in [1.165, 1.54) is 15.3 Å². The smallest absolute Gasteiger partial charge is 0.134 e. The van der Waals surface area contributed by atoms with Crippen LogP contribution in [-0.4, -0.2) is 7.11 Å². The summed E-state index contributed by atoms with van der Waals surface area (Å²) in [5.41, 5.74) is 7.56. The molecule has 86 valence electrons. The Morgan fingerprint density at radius 3 is 2.62 bits per heavy atom. The van der Waals surface area contributed by atoms with E-state index in [-0.39, 0.29) is 6.04 Å². The van der Waals surface area contributed by atoms with Crippen molar-refractivity contribution in [2.24, 2.45) is 5.73 Å². The van der Waals surface area contributed by atoms with Gasteiger partial charge < -0.3 is 10.5 Å². The van der Waals surface area contributed by atoms with Gasteiger partial charge in [0.2, 0.25) is 0 Å². The monoisotopic (exact) mass is 253 g/mol. The number of thiophene rings is 2. The number of nitrogens with two attached hydrogens (primary N) is 1. The number of hydrogen-bond donors (Lipinski definition) is 1. The molecule has 0 bridgehead atoms. The van der Waals surface area contributed by atoms with E-state index < -0.39 is 0 Å². The average molecular weight is 253 g/mol. The zero-order valence-corrected chi connectivity index (χ0v) is 11.2. The molecule has 0 aromatic carbocycles. The predicted molar refractivity (Wildman–Crippen MR) is 70.7 cm³/mol. The van der Waals surface area contributed by atoms with Gasteiger partial charge in [0.25, 0.3) is 0 Å². The van der Waals surface area contributed by atoms with Gasteiger partial charge in [0, 0.05) is 9.75 Å². The van der Waals surface area contributed by atoms with Gasteiger partial charge in [0.15, 0.2) is 0 Å². The maximum absolute atomic E-state index is 6.29. The molecule has 0 amide bonds. The fraction of sp³-hybridized carbons (Fsp3) is 0.333. The predicted octanol–water partition coefficient (Wildman–Crippen LogP) is 3.48. The van der Waals surface area contributed by atoms with Crippen molar-refractivity contribution in [3.8, 4) is 5.75 Å². The lowest BCUT2D eigenvalue weighted by molar-refractivity contribution is 0.411. The van der Waals surface area contributed by atoms with Crippen LogP contribution in [0.1, 0.15) is 26.2 Å². The van der Waals surface area contributed by atoms with Crippen molar-refractivity contribution in [2.75, 3.05) is 7.11 Å². The Hall–Kier alpha value is -0.840. The summed E-state index contributed by atoms with van der Waals surface area (Å²) in [5.74, 6) is 0.892. The van der Waals surface area contributed by atoms with Crippen LogP contribution in [0.3, 0.4) is 0 Å². The van der Waals surface area contributed by atoms with Gasteiger partial charge in [-0.05, 0) is 36.9 Å². The Morgan fingerprint density at radius 2 is 2.06 bits per heavy atom. The van der Waals surface area contributed by atoms with Gasteiger partial charge in [-0.2, -0.15) is 0 Å². The minimum absolute atomic E-state index is 0.0614. The number of methoxy groups -OCH3 is 1. The summed E-state index contributed by atoms with van der Waals surface area (Å²) in [6.45, 7) is 4.22. The molecule has 2 nitrogen and oxygen atoms in total. The van der Waals surface area contributed by atoms with Gasteiger partial charge in [-0.1, -0.05) is 0 Å². The standard InChI is InChI=1S/C12H15NOS2/c1-7-6-8(2)16-11(7)10(13)12-9(14-3)4-5-15-12/h4-6,10H,13H2,1-3H3. The van der Waals surface area contributed by atoms with E-state index in [1.807, 2.05) is 11.4 Å². The van der Waals surface area contributed by atoms with Gasteiger partial charge in [0.05, 0.1) is 18.0 Å². The highest BCUT2D eigenvalue weighted by Gasteiger charge is 2.19. The molecule has 0 fully saturated rings. The van der Waals surface area contributed by atoms with E-state index in [0.717, 1.165) is 10.6 Å². The van der Waals surface area contributed by atoms with E-state index in [2.05, 4.69) is 19.9 Å². The molecule has 0 spiro atoms. The molecule has 2 heterocycles. The number of ether oxygens (including phenoxy) is 1.